The molecule has 2 aromatic rings. The molecule has 0 aliphatic carbocycles. The summed E-state index contributed by atoms with van der Waals surface area (Å²) < 4.78 is 5.53. The van der Waals surface area contributed by atoms with E-state index in [0.717, 1.165) is 6.08 Å². The second-order valence-corrected chi connectivity index (χ2v) is 5.89. The van der Waals surface area contributed by atoms with Gasteiger partial charge in [-0.05, 0) is 29.8 Å². The highest BCUT2D eigenvalue weighted by Gasteiger charge is 2.29. The number of carboxylic acids is 1. The highest BCUT2D eigenvalue weighted by Crippen LogP contribution is 2.22. The fraction of sp³-hybridized carbons (Fsp3) is 0.0952. The quantitative estimate of drug-likeness (QED) is 0.607. The smallest absolute Gasteiger partial charge is 0.328 e. The first kappa shape index (κ1) is 18.1. The number of benzene rings is 2. The van der Waals surface area contributed by atoms with Gasteiger partial charge in [0.05, 0.1) is 0 Å². The van der Waals surface area contributed by atoms with Gasteiger partial charge in [0.2, 0.25) is 5.78 Å². The third-order valence-corrected chi connectivity index (χ3v) is 3.91. The highest BCUT2D eigenvalue weighted by molar-refractivity contribution is 6.08. The minimum atomic E-state index is -1.05. The number of amides is 1. The van der Waals surface area contributed by atoms with E-state index >= 15 is 0 Å². The summed E-state index contributed by atoms with van der Waals surface area (Å²) in [5.41, 5.74) is 1.65. The van der Waals surface area contributed by atoms with Crippen LogP contribution < -0.4 is 5.32 Å². The van der Waals surface area contributed by atoms with Gasteiger partial charge >= 0.3 is 5.97 Å². The predicted octanol–water partition coefficient (Wildman–Crippen LogP) is 3.28. The van der Waals surface area contributed by atoms with E-state index < -0.39 is 12.1 Å². The SMILES string of the molecule is O=C(O)/C=C/c1cccc(NC(=O)C2CC=C(C(=O)c3ccccc3)O2)c1. The van der Waals surface area contributed by atoms with Crippen molar-refractivity contribution in [3.05, 3.63) is 83.6 Å². The second-order valence-electron chi connectivity index (χ2n) is 5.89. The highest BCUT2D eigenvalue weighted by atomic mass is 16.5. The Morgan fingerprint density at radius 3 is 2.59 bits per heavy atom. The maximum absolute atomic E-state index is 12.4. The largest absolute Gasteiger partial charge is 0.478 e. The number of rotatable bonds is 6. The van der Waals surface area contributed by atoms with Gasteiger partial charge in [-0.25, -0.2) is 4.79 Å². The molecule has 1 unspecified atom stereocenters. The molecule has 0 bridgehead atoms. The predicted molar refractivity (Wildman–Crippen MR) is 100 cm³/mol. The molecule has 1 aliphatic heterocycles. The molecule has 0 aromatic heterocycles. The van der Waals surface area contributed by atoms with Gasteiger partial charge in [0, 0.05) is 23.7 Å². The Balaban J connectivity index is 1.61. The summed E-state index contributed by atoms with van der Waals surface area (Å²) >= 11 is 0. The van der Waals surface area contributed by atoms with Crippen molar-refractivity contribution in [3.63, 3.8) is 0 Å². The van der Waals surface area contributed by atoms with Crippen molar-refractivity contribution in [1.29, 1.82) is 0 Å². The maximum atomic E-state index is 12.4. The topological polar surface area (TPSA) is 92.7 Å². The molecule has 27 heavy (non-hydrogen) atoms. The van der Waals surface area contributed by atoms with Crippen LogP contribution in [0.4, 0.5) is 5.69 Å². The summed E-state index contributed by atoms with van der Waals surface area (Å²) in [7, 11) is 0. The van der Waals surface area contributed by atoms with Gasteiger partial charge in [-0.3, -0.25) is 9.59 Å². The maximum Gasteiger partial charge on any atom is 0.328 e. The number of hydrogen-bond acceptors (Lipinski definition) is 4. The number of carbonyl (C=O) groups is 3. The molecule has 2 N–H and O–H groups in total. The number of carbonyl (C=O) groups excluding carboxylic acids is 2. The summed E-state index contributed by atoms with van der Waals surface area (Å²) in [6, 6.07) is 15.5. The van der Waals surface area contributed by atoms with Crippen LogP contribution >= 0.6 is 0 Å². The van der Waals surface area contributed by atoms with E-state index in [1.165, 1.54) is 6.08 Å². The molecule has 1 atom stereocenters. The Hall–Kier alpha value is -3.67. The molecule has 2 aromatic carbocycles. The zero-order chi connectivity index (χ0) is 19.2. The first-order chi connectivity index (χ1) is 13.0. The summed E-state index contributed by atoms with van der Waals surface area (Å²) in [6.45, 7) is 0. The standard InChI is InChI=1S/C21H17NO5/c23-19(24)12-9-14-5-4-8-16(13-14)22-21(26)18-11-10-17(27-18)20(25)15-6-2-1-3-7-15/h1-10,12-13,18H,11H2,(H,22,26)(H,23,24)/b12-9+. The van der Waals surface area contributed by atoms with Crippen molar-refractivity contribution in [2.75, 3.05) is 5.32 Å². The fourth-order valence-electron chi connectivity index (χ4n) is 2.61. The van der Waals surface area contributed by atoms with Crippen LogP contribution in [-0.4, -0.2) is 28.9 Å². The molecule has 0 fully saturated rings. The van der Waals surface area contributed by atoms with Crippen LogP contribution in [0.2, 0.25) is 0 Å². The molecule has 3 rings (SSSR count). The van der Waals surface area contributed by atoms with Crippen LogP contribution in [0.15, 0.2) is 72.5 Å². The van der Waals surface area contributed by atoms with E-state index in [0.29, 0.717) is 23.2 Å². The number of Topliss-reactive ketones (excluding diaryl/α,β-unsaturated/α-hetero) is 1. The molecule has 1 aliphatic rings. The first-order valence-corrected chi connectivity index (χ1v) is 8.31. The van der Waals surface area contributed by atoms with E-state index in [1.807, 2.05) is 6.07 Å². The van der Waals surface area contributed by atoms with Gasteiger partial charge in [0.15, 0.2) is 11.9 Å². The number of allylic oxidation sites excluding steroid dienone is 1. The molecule has 1 heterocycles. The normalized spacial score (nSPS) is 15.9. The molecular weight excluding hydrogens is 346 g/mol. The second kappa shape index (κ2) is 8.14. The minimum Gasteiger partial charge on any atom is -0.478 e. The van der Waals surface area contributed by atoms with Gasteiger partial charge < -0.3 is 15.2 Å². The number of ether oxygens (including phenoxy) is 1. The summed E-state index contributed by atoms with van der Waals surface area (Å²) in [5.74, 6) is -1.52. The van der Waals surface area contributed by atoms with Gasteiger partial charge in [-0.15, -0.1) is 0 Å². The van der Waals surface area contributed by atoms with Crippen molar-refractivity contribution in [2.24, 2.45) is 0 Å². The van der Waals surface area contributed by atoms with Crippen LogP contribution in [0.25, 0.3) is 6.08 Å². The molecule has 0 spiro atoms. The number of aliphatic carboxylic acids is 1. The number of anilines is 1. The number of ketones is 1. The Morgan fingerprint density at radius 2 is 1.85 bits per heavy atom. The summed E-state index contributed by atoms with van der Waals surface area (Å²) in [4.78, 5) is 35.4. The van der Waals surface area contributed by atoms with E-state index in [9.17, 15) is 14.4 Å². The monoisotopic (exact) mass is 363 g/mol. The lowest BCUT2D eigenvalue weighted by molar-refractivity contribution is -0.131. The van der Waals surface area contributed by atoms with Gasteiger partial charge in [0.1, 0.15) is 0 Å². The molecule has 6 heteroatoms. The molecule has 0 saturated carbocycles. The zero-order valence-corrected chi connectivity index (χ0v) is 14.3. The zero-order valence-electron chi connectivity index (χ0n) is 14.3. The van der Waals surface area contributed by atoms with Crippen LogP contribution in [0.3, 0.4) is 0 Å². The van der Waals surface area contributed by atoms with Gasteiger partial charge in [-0.1, -0.05) is 42.5 Å². The van der Waals surface area contributed by atoms with Crippen molar-refractivity contribution < 1.29 is 24.2 Å². The fourth-order valence-corrected chi connectivity index (χ4v) is 2.61. The lowest BCUT2D eigenvalue weighted by Gasteiger charge is -2.13. The molecule has 6 nitrogen and oxygen atoms in total. The van der Waals surface area contributed by atoms with E-state index in [4.69, 9.17) is 9.84 Å². The average molecular weight is 363 g/mol. The molecule has 0 saturated heterocycles. The summed E-state index contributed by atoms with van der Waals surface area (Å²) in [5, 5.41) is 11.4. The van der Waals surface area contributed by atoms with Crippen molar-refractivity contribution >= 4 is 29.4 Å². The van der Waals surface area contributed by atoms with E-state index in [-0.39, 0.29) is 17.4 Å². The molecular formula is C21H17NO5. The van der Waals surface area contributed by atoms with Crippen LogP contribution in [0, 0.1) is 0 Å². The van der Waals surface area contributed by atoms with Crippen LogP contribution in [-0.2, 0) is 14.3 Å². The summed E-state index contributed by atoms with van der Waals surface area (Å²) in [6.07, 6.45) is 3.59. The first-order valence-electron chi connectivity index (χ1n) is 8.31. The van der Waals surface area contributed by atoms with Crippen molar-refractivity contribution in [1.82, 2.24) is 0 Å². The average Bonchev–Trinajstić information content (AvgIpc) is 3.17. The number of carboxylic acid groups (broad SMARTS) is 1. The van der Waals surface area contributed by atoms with Crippen LogP contribution in [0.5, 0.6) is 0 Å². The molecule has 0 radical (unpaired) electrons. The van der Waals surface area contributed by atoms with Crippen molar-refractivity contribution in [3.8, 4) is 0 Å². The Bertz CT molecular complexity index is 931. The third-order valence-electron chi connectivity index (χ3n) is 3.91. The van der Waals surface area contributed by atoms with Crippen molar-refractivity contribution in [2.45, 2.75) is 12.5 Å². The minimum absolute atomic E-state index is 0.166. The lowest BCUT2D eigenvalue weighted by atomic mass is 10.1. The van der Waals surface area contributed by atoms with E-state index in [1.54, 1.807) is 54.6 Å². The molecule has 1 amide bonds. The van der Waals surface area contributed by atoms with Gasteiger partial charge in [-0.2, -0.15) is 0 Å². The number of hydrogen-bond donors (Lipinski definition) is 2. The Kier molecular flexibility index (Phi) is 5.47. The van der Waals surface area contributed by atoms with Crippen LogP contribution in [0.1, 0.15) is 22.3 Å². The lowest BCUT2D eigenvalue weighted by Crippen LogP contribution is -2.28. The number of nitrogens with one attached hydrogen (secondary N) is 1. The van der Waals surface area contributed by atoms with Gasteiger partial charge in [0.25, 0.3) is 5.91 Å². The Morgan fingerprint density at radius 1 is 1.07 bits per heavy atom. The van der Waals surface area contributed by atoms with E-state index in [2.05, 4.69) is 5.32 Å². The third kappa shape index (κ3) is 4.70. The molecule has 136 valence electrons. The Labute approximate surface area is 155 Å².